The zero-order chi connectivity index (χ0) is 17.5. The molecule has 3 rings (SSSR count). The van der Waals surface area contributed by atoms with Crippen LogP contribution in [0.1, 0.15) is 6.92 Å². The summed E-state index contributed by atoms with van der Waals surface area (Å²) in [6.45, 7) is 4.30. The fraction of sp³-hybridized carbons (Fsp3) is 0.316. The first-order valence-electron chi connectivity index (χ1n) is 8.37. The third-order valence-electron chi connectivity index (χ3n) is 3.73. The number of nitrogens with one attached hydrogen (secondary N) is 2. The van der Waals surface area contributed by atoms with Crippen LogP contribution in [0, 0.1) is 0 Å². The molecule has 1 unspecified atom stereocenters. The largest absolute Gasteiger partial charge is 0.494 e. The highest BCUT2D eigenvalue weighted by Crippen LogP contribution is 2.25. The van der Waals surface area contributed by atoms with Crippen molar-refractivity contribution in [3.05, 3.63) is 48.5 Å². The standard InChI is InChI=1S/C19H22N2O4.ClH/c1-2-24-15-7-9-17(10-8-15)25-16-5-3-14(4-6-16)21-19(22)18-13-23-12-11-20-18;/h3-10,18,20H,2,11-13H2,1H3,(H,21,22);1H. The maximum absolute atomic E-state index is 12.1. The molecule has 0 aliphatic carbocycles. The molecule has 1 fully saturated rings. The Morgan fingerprint density at radius 3 is 2.31 bits per heavy atom. The number of morpholine rings is 1. The van der Waals surface area contributed by atoms with Gasteiger partial charge in [0.2, 0.25) is 5.91 Å². The summed E-state index contributed by atoms with van der Waals surface area (Å²) in [7, 11) is 0. The quantitative estimate of drug-likeness (QED) is 0.807. The Labute approximate surface area is 159 Å². The summed E-state index contributed by atoms with van der Waals surface area (Å²) in [6.07, 6.45) is 0. The summed E-state index contributed by atoms with van der Waals surface area (Å²) >= 11 is 0. The highest BCUT2D eigenvalue weighted by molar-refractivity contribution is 5.95. The average Bonchev–Trinajstić information content (AvgIpc) is 2.66. The van der Waals surface area contributed by atoms with E-state index in [1.807, 2.05) is 55.5 Å². The van der Waals surface area contributed by atoms with Gasteiger partial charge in [-0.05, 0) is 55.5 Å². The van der Waals surface area contributed by atoms with Gasteiger partial charge in [0.25, 0.3) is 0 Å². The molecule has 0 aromatic heterocycles. The van der Waals surface area contributed by atoms with E-state index in [1.54, 1.807) is 0 Å². The molecule has 0 radical (unpaired) electrons. The number of carbonyl (C=O) groups is 1. The van der Waals surface area contributed by atoms with Crippen molar-refractivity contribution in [1.29, 1.82) is 0 Å². The van der Waals surface area contributed by atoms with Crippen LogP contribution in [-0.2, 0) is 9.53 Å². The first kappa shape index (κ1) is 20.0. The van der Waals surface area contributed by atoms with Gasteiger partial charge >= 0.3 is 0 Å². The maximum atomic E-state index is 12.1. The Morgan fingerprint density at radius 1 is 1.12 bits per heavy atom. The summed E-state index contributed by atoms with van der Waals surface area (Å²) in [5.41, 5.74) is 0.719. The average molecular weight is 379 g/mol. The van der Waals surface area contributed by atoms with Crippen LogP contribution in [0.3, 0.4) is 0 Å². The van der Waals surface area contributed by atoms with Gasteiger partial charge < -0.3 is 24.8 Å². The molecule has 2 N–H and O–H groups in total. The Bertz CT molecular complexity index is 686. The summed E-state index contributed by atoms with van der Waals surface area (Å²) in [4.78, 5) is 12.1. The second-order valence-electron chi connectivity index (χ2n) is 5.60. The van der Waals surface area contributed by atoms with Gasteiger partial charge in [-0.3, -0.25) is 4.79 Å². The van der Waals surface area contributed by atoms with Gasteiger partial charge in [-0.1, -0.05) is 0 Å². The fourth-order valence-corrected chi connectivity index (χ4v) is 2.48. The number of anilines is 1. The van der Waals surface area contributed by atoms with Gasteiger partial charge in [0, 0.05) is 12.2 Å². The summed E-state index contributed by atoms with van der Waals surface area (Å²) in [5, 5.41) is 6.00. The molecule has 2 aromatic rings. The third kappa shape index (κ3) is 5.62. The van der Waals surface area contributed by atoms with Crippen molar-refractivity contribution in [3.8, 4) is 17.2 Å². The van der Waals surface area contributed by atoms with Crippen LogP contribution in [0.4, 0.5) is 5.69 Å². The first-order valence-corrected chi connectivity index (χ1v) is 8.37. The minimum absolute atomic E-state index is 0. The summed E-state index contributed by atoms with van der Waals surface area (Å²) in [6, 6.07) is 14.4. The topological polar surface area (TPSA) is 68.8 Å². The van der Waals surface area contributed by atoms with Crippen LogP contribution in [0.15, 0.2) is 48.5 Å². The van der Waals surface area contributed by atoms with Gasteiger partial charge in [-0.15, -0.1) is 12.4 Å². The van der Waals surface area contributed by atoms with E-state index in [0.29, 0.717) is 32.1 Å². The second kappa shape index (κ2) is 10.0. The van der Waals surface area contributed by atoms with E-state index in [4.69, 9.17) is 14.2 Å². The monoisotopic (exact) mass is 378 g/mol. The van der Waals surface area contributed by atoms with Crippen LogP contribution in [0.2, 0.25) is 0 Å². The van der Waals surface area contributed by atoms with Crippen LogP contribution in [-0.4, -0.2) is 38.3 Å². The molecule has 140 valence electrons. The van der Waals surface area contributed by atoms with E-state index in [9.17, 15) is 4.79 Å². The molecule has 2 aromatic carbocycles. The highest BCUT2D eigenvalue weighted by atomic mass is 35.5. The number of ether oxygens (including phenoxy) is 3. The first-order chi connectivity index (χ1) is 12.2. The molecular weight excluding hydrogens is 356 g/mol. The van der Waals surface area contributed by atoms with Crippen molar-refractivity contribution in [3.63, 3.8) is 0 Å². The van der Waals surface area contributed by atoms with Gasteiger partial charge in [0.05, 0.1) is 19.8 Å². The minimum Gasteiger partial charge on any atom is -0.494 e. The van der Waals surface area contributed by atoms with Gasteiger partial charge in [-0.25, -0.2) is 0 Å². The van der Waals surface area contributed by atoms with E-state index < -0.39 is 0 Å². The second-order valence-corrected chi connectivity index (χ2v) is 5.60. The van der Waals surface area contributed by atoms with Crippen molar-refractivity contribution >= 4 is 24.0 Å². The molecule has 1 saturated heterocycles. The van der Waals surface area contributed by atoms with E-state index in [1.165, 1.54) is 0 Å². The van der Waals surface area contributed by atoms with Gasteiger partial charge in [-0.2, -0.15) is 0 Å². The third-order valence-corrected chi connectivity index (χ3v) is 3.73. The van der Waals surface area contributed by atoms with Crippen molar-refractivity contribution < 1.29 is 19.0 Å². The number of rotatable bonds is 6. The van der Waals surface area contributed by atoms with E-state index in [2.05, 4.69) is 10.6 Å². The minimum atomic E-state index is -0.312. The molecule has 1 amide bonds. The number of benzene rings is 2. The Kier molecular flexibility index (Phi) is 7.72. The Morgan fingerprint density at radius 2 is 1.73 bits per heavy atom. The Balaban J connectivity index is 0.00000243. The lowest BCUT2D eigenvalue weighted by Crippen LogP contribution is -2.48. The van der Waals surface area contributed by atoms with E-state index >= 15 is 0 Å². The van der Waals surface area contributed by atoms with Gasteiger partial charge in [0.15, 0.2) is 0 Å². The lowest BCUT2D eigenvalue weighted by atomic mass is 10.2. The van der Waals surface area contributed by atoms with Crippen molar-refractivity contribution in [2.24, 2.45) is 0 Å². The molecule has 7 heteroatoms. The maximum Gasteiger partial charge on any atom is 0.243 e. The normalized spacial score (nSPS) is 16.3. The predicted octanol–water partition coefficient (Wildman–Crippen LogP) is 3.23. The molecule has 6 nitrogen and oxygen atoms in total. The highest BCUT2D eigenvalue weighted by Gasteiger charge is 2.20. The van der Waals surface area contributed by atoms with E-state index in [-0.39, 0.29) is 24.4 Å². The number of hydrogen-bond acceptors (Lipinski definition) is 5. The molecule has 0 spiro atoms. The SMILES string of the molecule is CCOc1ccc(Oc2ccc(NC(=O)C3COCCN3)cc2)cc1.Cl. The molecule has 1 atom stereocenters. The fourth-order valence-electron chi connectivity index (χ4n) is 2.48. The van der Waals surface area contributed by atoms with Crippen molar-refractivity contribution in [2.45, 2.75) is 13.0 Å². The number of hydrogen-bond donors (Lipinski definition) is 2. The Hall–Kier alpha value is -2.28. The van der Waals surface area contributed by atoms with Crippen LogP contribution in [0.5, 0.6) is 17.2 Å². The van der Waals surface area contributed by atoms with Crippen LogP contribution in [0.25, 0.3) is 0 Å². The van der Waals surface area contributed by atoms with Crippen molar-refractivity contribution in [2.75, 3.05) is 31.7 Å². The van der Waals surface area contributed by atoms with Gasteiger partial charge in [0.1, 0.15) is 23.3 Å². The summed E-state index contributed by atoms with van der Waals surface area (Å²) < 4.78 is 16.5. The van der Waals surface area contributed by atoms with E-state index in [0.717, 1.165) is 17.2 Å². The molecule has 1 heterocycles. The smallest absolute Gasteiger partial charge is 0.243 e. The lowest BCUT2D eigenvalue weighted by Gasteiger charge is -2.22. The van der Waals surface area contributed by atoms with Crippen molar-refractivity contribution in [1.82, 2.24) is 5.32 Å². The number of halogens is 1. The molecular formula is C19H23ClN2O4. The lowest BCUT2D eigenvalue weighted by molar-refractivity contribution is -0.120. The number of amides is 1. The predicted molar refractivity (Wildman–Crippen MR) is 103 cm³/mol. The van der Waals surface area contributed by atoms with Crippen LogP contribution < -0.4 is 20.1 Å². The molecule has 0 bridgehead atoms. The molecule has 1 aliphatic heterocycles. The number of carbonyl (C=O) groups excluding carboxylic acids is 1. The summed E-state index contributed by atoms with van der Waals surface area (Å²) in [5.74, 6) is 2.14. The molecule has 0 saturated carbocycles. The zero-order valence-electron chi connectivity index (χ0n) is 14.6. The molecule has 1 aliphatic rings. The zero-order valence-corrected chi connectivity index (χ0v) is 15.4. The van der Waals surface area contributed by atoms with Crippen LogP contribution >= 0.6 is 12.4 Å². The molecule has 26 heavy (non-hydrogen) atoms.